The Balaban J connectivity index is 2.12. The summed E-state index contributed by atoms with van der Waals surface area (Å²) in [5.41, 5.74) is 1.98. The van der Waals surface area contributed by atoms with Crippen LogP contribution in [0.25, 0.3) is 0 Å². The molecule has 5 heteroatoms. The molecule has 0 aliphatic heterocycles. The zero-order chi connectivity index (χ0) is 14.2. The molecule has 1 fully saturated rings. The molecule has 1 heterocycles. The third-order valence-corrected chi connectivity index (χ3v) is 4.47. The van der Waals surface area contributed by atoms with E-state index in [4.69, 9.17) is 27.9 Å². The van der Waals surface area contributed by atoms with Crippen molar-refractivity contribution in [3.05, 3.63) is 21.9 Å². The number of hydrogen-bond donors (Lipinski definition) is 1. The number of anilines is 1. The summed E-state index contributed by atoms with van der Waals surface area (Å²) in [5, 5.41) is 4.34. The first-order chi connectivity index (χ1) is 8.86. The number of hydrogen-bond acceptors (Lipinski definition) is 3. The molecule has 1 N–H and O–H groups in total. The fourth-order valence-corrected chi connectivity index (χ4v) is 3.14. The van der Waals surface area contributed by atoms with Gasteiger partial charge in [-0.15, -0.1) is 0 Å². The zero-order valence-corrected chi connectivity index (χ0v) is 13.3. The van der Waals surface area contributed by atoms with E-state index in [1.54, 1.807) is 0 Å². The van der Waals surface area contributed by atoms with Gasteiger partial charge in [0.2, 0.25) is 0 Å². The van der Waals surface area contributed by atoms with E-state index < -0.39 is 0 Å². The second-order valence-corrected chi connectivity index (χ2v) is 6.37. The van der Waals surface area contributed by atoms with E-state index in [0.717, 1.165) is 24.3 Å². The van der Waals surface area contributed by atoms with Crippen molar-refractivity contribution in [2.45, 2.75) is 46.3 Å². The maximum atomic E-state index is 6.16. The van der Waals surface area contributed by atoms with Gasteiger partial charge < -0.3 is 10.1 Å². The summed E-state index contributed by atoms with van der Waals surface area (Å²) < 4.78 is 5.73. The molecule has 0 saturated heterocycles. The largest absolute Gasteiger partial charge is 0.379 e. The molecular formula is C14H20Cl2N2O. The Morgan fingerprint density at radius 3 is 2.68 bits per heavy atom. The van der Waals surface area contributed by atoms with Crippen LogP contribution in [0.3, 0.4) is 0 Å². The quantitative estimate of drug-likeness (QED) is 0.842. The summed E-state index contributed by atoms with van der Waals surface area (Å²) in [5.74, 6) is 0. The van der Waals surface area contributed by atoms with Crippen LogP contribution >= 0.6 is 23.2 Å². The van der Waals surface area contributed by atoms with Gasteiger partial charge in [-0.3, -0.25) is 0 Å². The first kappa shape index (κ1) is 14.9. The first-order valence-corrected chi connectivity index (χ1v) is 7.32. The van der Waals surface area contributed by atoms with E-state index in [-0.39, 0.29) is 5.41 Å². The van der Waals surface area contributed by atoms with Crippen molar-refractivity contribution in [1.29, 1.82) is 0 Å². The predicted octanol–water partition coefficient (Wildman–Crippen LogP) is 4.31. The fraction of sp³-hybridized carbons (Fsp3) is 0.643. The summed E-state index contributed by atoms with van der Waals surface area (Å²) >= 11 is 12.0. The normalized spacial score (nSPS) is 24.9. The van der Waals surface area contributed by atoms with Crippen molar-refractivity contribution < 1.29 is 4.74 Å². The number of aryl methyl sites for hydroxylation is 1. The van der Waals surface area contributed by atoms with Gasteiger partial charge in [-0.2, -0.15) is 0 Å². The Bertz CT molecular complexity index is 454. The van der Waals surface area contributed by atoms with Crippen LogP contribution in [0.15, 0.2) is 6.07 Å². The minimum atomic E-state index is 0.0887. The molecule has 0 spiro atoms. The van der Waals surface area contributed by atoms with E-state index in [2.05, 4.69) is 24.1 Å². The molecule has 0 aromatic carbocycles. The highest BCUT2D eigenvalue weighted by molar-refractivity contribution is 6.34. The van der Waals surface area contributed by atoms with Crippen molar-refractivity contribution in [1.82, 2.24) is 4.98 Å². The minimum Gasteiger partial charge on any atom is -0.379 e. The Labute approximate surface area is 124 Å². The lowest BCUT2D eigenvalue weighted by atomic mass is 9.64. The van der Waals surface area contributed by atoms with Gasteiger partial charge >= 0.3 is 0 Å². The average molecular weight is 303 g/mol. The number of ether oxygens (including phenoxy) is 1. The maximum Gasteiger partial charge on any atom is 0.154 e. The van der Waals surface area contributed by atoms with Gasteiger partial charge in [0.25, 0.3) is 0 Å². The lowest BCUT2D eigenvalue weighted by Crippen LogP contribution is -2.58. The zero-order valence-electron chi connectivity index (χ0n) is 11.8. The average Bonchev–Trinajstić information content (AvgIpc) is 2.30. The van der Waals surface area contributed by atoms with Gasteiger partial charge in [-0.25, -0.2) is 4.98 Å². The van der Waals surface area contributed by atoms with Crippen molar-refractivity contribution in [2.75, 3.05) is 11.9 Å². The van der Waals surface area contributed by atoms with Gasteiger partial charge in [0.1, 0.15) is 5.15 Å². The number of aromatic nitrogens is 1. The third-order valence-electron chi connectivity index (χ3n) is 4.01. The smallest absolute Gasteiger partial charge is 0.154 e. The Morgan fingerprint density at radius 1 is 1.47 bits per heavy atom. The summed E-state index contributed by atoms with van der Waals surface area (Å²) in [6.07, 6.45) is 1.29. The molecule has 2 unspecified atom stereocenters. The molecule has 0 amide bonds. The Kier molecular flexibility index (Phi) is 4.29. The van der Waals surface area contributed by atoms with Crippen LogP contribution in [0, 0.1) is 12.3 Å². The van der Waals surface area contributed by atoms with E-state index in [1.165, 1.54) is 0 Å². The summed E-state index contributed by atoms with van der Waals surface area (Å²) in [6.45, 7) is 9.18. The Hall–Kier alpha value is -0.510. The highest BCUT2D eigenvalue weighted by Crippen LogP contribution is 2.45. The Morgan fingerprint density at radius 2 is 2.16 bits per heavy atom. The molecule has 1 aliphatic rings. The molecular weight excluding hydrogens is 283 g/mol. The molecule has 1 aromatic heterocycles. The topological polar surface area (TPSA) is 34.1 Å². The summed E-state index contributed by atoms with van der Waals surface area (Å²) in [6, 6.07) is 2.16. The fourth-order valence-electron chi connectivity index (χ4n) is 2.56. The number of halogens is 2. The predicted molar refractivity (Wildman–Crippen MR) is 80.2 cm³/mol. The van der Waals surface area contributed by atoms with Gasteiger partial charge in [0.15, 0.2) is 5.15 Å². The molecule has 19 heavy (non-hydrogen) atoms. The van der Waals surface area contributed by atoms with Crippen LogP contribution < -0.4 is 5.32 Å². The summed E-state index contributed by atoms with van der Waals surface area (Å²) in [4.78, 5) is 4.09. The van der Waals surface area contributed by atoms with Crippen LogP contribution in [0.1, 0.15) is 32.8 Å². The monoisotopic (exact) mass is 302 g/mol. The first-order valence-electron chi connectivity index (χ1n) is 6.57. The highest BCUT2D eigenvalue weighted by atomic mass is 35.5. The van der Waals surface area contributed by atoms with E-state index in [1.807, 2.05) is 19.9 Å². The van der Waals surface area contributed by atoms with Crippen LogP contribution in [0.5, 0.6) is 0 Å². The van der Waals surface area contributed by atoms with Crippen LogP contribution in [0.4, 0.5) is 5.69 Å². The van der Waals surface area contributed by atoms with Crippen molar-refractivity contribution in [2.24, 2.45) is 5.41 Å². The molecule has 0 radical (unpaired) electrons. The van der Waals surface area contributed by atoms with Gasteiger partial charge in [0, 0.05) is 18.1 Å². The lowest BCUT2D eigenvalue weighted by Gasteiger charge is -2.52. The molecule has 3 nitrogen and oxygen atoms in total. The molecule has 1 aromatic rings. The molecule has 1 saturated carbocycles. The van der Waals surface area contributed by atoms with Crippen LogP contribution in [-0.4, -0.2) is 23.7 Å². The number of rotatable bonds is 4. The number of pyridine rings is 1. The number of nitrogens with zero attached hydrogens (tertiary/aromatic N) is 1. The van der Waals surface area contributed by atoms with E-state index in [9.17, 15) is 0 Å². The molecule has 106 valence electrons. The molecule has 2 rings (SSSR count). The standard InChI is InChI=1S/C14H20Cl2N2O/c1-5-19-10-7-9(14(10,3)4)17-12-8(2)6-11(15)18-13(12)16/h6,9-10,17H,5,7H2,1-4H3. The second kappa shape index (κ2) is 5.47. The maximum absolute atomic E-state index is 6.16. The minimum absolute atomic E-state index is 0.0887. The van der Waals surface area contributed by atoms with Gasteiger partial charge in [0.05, 0.1) is 11.8 Å². The molecule has 2 atom stereocenters. The van der Waals surface area contributed by atoms with Gasteiger partial charge in [-0.05, 0) is 31.9 Å². The summed E-state index contributed by atoms with van der Waals surface area (Å²) in [7, 11) is 0. The lowest BCUT2D eigenvalue weighted by molar-refractivity contribution is -0.0976. The van der Waals surface area contributed by atoms with Crippen molar-refractivity contribution in [3.8, 4) is 0 Å². The second-order valence-electron chi connectivity index (χ2n) is 5.63. The SMILES string of the molecule is CCOC1CC(Nc2c(C)cc(Cl)nc2Cl)C1(C)C. The highest BCUT2D eigenvalue weighted by Gasteiger charge is 2.49. The number of nitrogens with one attached hydrogen (secondary N) is 1. The van der Waals surface area contributed by atoms with Gasteiger partial charge in [-0.1, -0.05) is 37.0 Å². The van der Waals surface area contributed by atoms with Crippen LogP contribution in [0.2, 0.25) is 10.3 Å². The van der Waals surface area contributed by atoms with Crippen LogP contribution in [-0.2, 0) is 4.74 Å². The van der Waals surface area contributed by atoms with E-state index in [0.29, 0.717) is 22.5 Å². The van der Waals surface area contributed by atoms with Crippen molar-refractivity contribution in [3.63, 3.8) is 0 Å². The molecule has 0 bridgehead atoms. The van der Waals surface area contributed by atoms with E-state index >= 15 is 0 Å². The van der Waals surface area contributed by atoms with Crippen molar-refractivity contribution >= 4 is 28.9 Å². The third kappa shape index (κ3) is 2.83. The molecule has 1 aliphatic carbocycles.